The van der Waals surface area contributed by atoms with Gasteiger partial charge in [-0.1, -0.05) is 127 Å². The normalized spacial score (nSPS) is 11.9. The predicted octanol–water partition coefficient (Wildman–Crippen LogP) is 11.5. The van der Waals surface area contributed by atoms with Crippen LogP contribution in [0.4, 0.5) is 0 Å². The minimum absolute atomic E-state index is 0.918. The molecule has 0 aliphatic heterocycles. The van der Waals surface area contributed by atoms with Crippen molar-refractivity contribution in [1.29, 1.82) is 0 Å². The quantitative estimate of drug-likeness (QED) is 0.207. The first-order valence-corrected chi connectivity index (χ1v) is 14.1. The highest BCUT2D eigenvalue weighted by atomic mass is 16.3. The third kappa shape index (κ3) is 3.24. The summed E-state index contributed by atoms with van der Waals surface area (Å²) in [5.74, 6) is 0. The molecule has 0 aliphatic carbocycles. The fourth-order valence-electron chi connectivity index (χ4n) is 6.83. The van der Waals surface area contributed by atoms with Gasteiger partial charge in [-0.25, -0.2) is 0 Å². The Labute approximate surface area is 236 Å². The van der Waals surface area contributed by atoms with Crippen LogP contribution < -0.4 is 0 Å². The topological polar surface area (TPSA) is 13.1 Å². The first kappa shape index (κ1) is 22.4. The molecule has 0 bridgehead atoms. The van der Waals surface area contributed by atoms with Crippen LogP contribution in [-0.2, 0) is 0 Å². The molecule has 1 heterocycles. The van der Waals surface area contributed by atoms with E-state index in [2.05, 4.69) is 146 Å². The zero-order valence-corrected chi connectivity index (χ0v) is 22.3. The van der Waals surface area contributed by atoms with Gasteiger partial charge in [0.1, 0.15) is 11.2 Å². The summed E-state index contributed by atoms with van der Waals surface area (Å²) >= 11 is 0. The largest absolute Gasteiger partial charge is 0.455 e. The Balaban J connectivity index is 1.47. The van der Waals surface area contributed by atoms with Crippen molar-refractivity contribution in [3.63, 3.8) is 0 Å². The number of rotatable bonds is 2. The molecule has 9 aromatic rings. The molecule has 0 saturated heterocycles. The highest BCUT2D eigenvalue weighted by Crippen LogP contribution is 2.48. The molecule has 0 N–H and O–H groups in total. The van der Waals surface area contributed by atoms with Crippen LogP contribution in [0, 0.1) is 0 Å². The predicted molar refractivity (Wildman–Crippen MR) is 175 cm³/mol. The van der Waals surface area contributed by atoms with Crippen LogP contribution in [0.3, 0.4) is 0 Å². The maximum absolute atomic E-state index is 6.71. The molecular formula is C40H24O. The molecule has 1 aromatic heterocycles. The van der Waals surface area contributed by atoms with Crippen molar-refractivity contribution in [2.45, 2.75) is 0 Å². The molecule has 8 aromatic carbocycles. The molecule has 0 unspecified atom stereocenters. The van der Waals surface area contributed by atoms with E-state index in [-0.39, 0.29) is 0 Å². The van der Waals surface area contributed by atoms with Gasteiger partial charge in [-0.15, -0.1) is 0 Å². The van der Waals surface area contributed by atoms with Gasteiger partial charge in [0, 0.05) is 21.9 Å². The molecule has 0 saturated carbocycles. The molecule has 1 heteroatoms. The van der Waals surface area contributed by atoms with E-state index in [9.17, 15) is 0 Å². The number of hydrogen-bond acceptors (Lipinski definition) is 1. The standard InChI is InChI=1S/C40H24O/c1-2-12-26-23-28(22-21-25(26)11-1)37-30-15-5-7-17-32(30)38(33-18-8-6-16-31(33)37)35-24-27-13-3-4-14-29(27)39-34-19-9-10-20-36(34)41-40(35)39/h1-24H. The number of para-hydroxylation sites is 1. The maximum Gasteiger partial charge on any atom is 0.143 e. The van der Waals surface area contributed by atoms with Crippen LogP contribution in [0.1, 0.15) is 0 Å². The second-order valence-corrected chi connectivity index (χ2v) is 10.9. The third-order valence-corrected chi connectivity index (χ3v) is 8.61. The Morgan fingerprint density at radius 1 is 0.366 bits per heavy atom. The van der Waals surface area contributed by atoms with Crippen molar-refractivity contribution in [1.82, 2.24) is 0 Å². The van der Waals surface area contributed by atoms with Crippen LogP contribution in [0.25, 0.3) is 87.3 Å². The Kier molecular flexibility index (Phi) is 4.67. The summed E-state index contributed by atoms with van der Waals surface area (Å²) in [6, 6.07) is 52.5. The summed E-state index contributed by atoms with van der Waals surface area (Å²) < 4.78 is 6.71. The lowest BCUT2D eigenvalue weighted by atomic mass is 9.84. The number of furan rings is 1. The van der Waals surface area contributed by atoms with Crippen LogP contribution in [-0.4, -0.2) is 0 Å². The van der Waals surface area contributed by atoms with E-state index in [0.29, 0.717) is 0 Å². The van der Waals surface area contributed by atoms with E-state index in [1.165, 1.54) is 65.2 Å². The van der Waals surface area contributed by atoms with Gasteiger partial charge in [0.25, 0.3) is 0 Å². The van der Waals surface area contributed by atoms with Gasteiger partial charge in [0.05, 0.1) is 0 Å². The Hall–Kier alpha value is -5.40. The van der Waals surface area contributed by atoms with E-state index in [0.717, 1.165) is 22.1 Å². The van der Waals surface area contributed by atoms with Crippen LogP contribution in [0.15, 0.2) is 150 Å². The molecule has 0 aliphatic rings. The number of hydrogen-bond donors (Lipinski definition) is 0. The molecule has 0 fully saturated rings. The minimum Gasteiger partial charge on any atom is -0.455 e. The van der Waals surface area contributed by atoms with Crippen molar-refractivity contribution in [3.05, 3.63) is 146 Å². The van der Waals surface area contributed by atoms with Crippen LogP contribution >= 0.6 is 0 Å². The van der Waals surface area contributed by atoms with Crippen molar-refractivity contribution >= 4 is 65.0 Å². The molecule has 190 valence electrons. The van der Waals surface area contributed by atoms with Crippen LogP contribution in [0.2, 0.25) is 0 Å². The van der Waals surface area contributed by atoms with Crippen molar-refractivity contribution in [3.8, 4) is 22.3 Å². The van der Waals surface area contributed by atoms with E-state index in [4.69, 9.17) is 4.42 Å². The van der Waals surface area contributed by atoms with Gasteiger partial charge >= 0.3 is 0 Å². The second-order valence-electron chi connectivity index (χ2n) is 10.9. The molecule has 9 rings (SSSR count). The van der Waals surface area contributed by atoms with Gasteiger partial charge in [0.15, 0.2) is 0 Å². The zero-order valence-electron chi connectivity index (χ0n) is 22.3. The maximum atomic E-state index is 6.71. The lowest BCUT2D eigenvalue weighted by Crippen LogP contribution is -1.91. The van der Waals surface area contributed by atoms with Gasteiger partial charge in [-0.3, -0.25) is 0 Å². The molecule has 0 atom stereocenters. The van der Waals surface area contributed by atoms with E-state index < -0.39 is 0 Å². The average Bonchev–Trinajstić information content (AvgIpc) is 3.43. The number of benzene rings is 8. The SMILES string of the molecule is c1ccc2cc(-c3c4ccccc4c(-c4cc5ccccc5c5c4oc4ccccc45)c4ccccc34)ccc2c1. The number of fused-ring (bicyclic) bond motifs is 8. The molecule has 0 amide bonds. The lowest BCUT2D eigenvalue weighted by molar-refractivity contribution is 0.670. The fourth-order valence-corrected chi connectivity index (χ4v) is 6.83. The smallest absolute Gasteiger partial charge is 0.143 e. The third-order valence-electron chi connectivity index (χ3n) is 8.61. The first-order chi connectivity index (χ1) is 20.3. The molecular weight excluding hydrogens is 496 g/mol. The first-order valence-electron chi connectivity index (χ1n) is 14.1. The minimum atomic E-state index is 0.918. The van der Waals surface area contributed by atoms with Crippen molar-refractivity contribution in [2.24, 2.45) is 0 Å². The van der Waals surface area contributed by atoms with Gasteiger partial charge in [-0.2, -0.15) is 0 Å². The van der Waals surface area contributed by atoms with Gasteiger partial charge < -0.3 is 4.42 Å². The van der Waals surface area contributed by atoms with Gasteiger partial charge in [-0.05, 0) is 72.4 Å². The monoisotopic (exact) mass is 520 g/mol. The summed E-state index contributed by atoms with van der Waals surface area (Å²) in [6.07, 6.45) is 0. The zero-order chi connectivity index (χ0) is 26.9. The fraction of sp³-hybridized carbons (Fsp3) is 0. The Bertz CT molecular complexity index is 2420. The highest BCUT2D eigenvalue weighted by molar-refractivity contribution is 6.28. The lowest BCUT2D eigenvalue weighted by Gasteiger charge is -2.18. The van der Waals surface area contributed by atoms with Crippen LogP contribution in [0.5, 0.6) is 0 Å². The van der Waals surface area contributed by atoms with Crippen molar-refractivity contribution < 1.29 is 4.42 Å². The molecule has 41 heavy (non-hydrogen) atoms. The summed E-state index contributed by atoms with van der Waals surface area (Å²) in [5.41, 5.74) is 6.71. The molecule has 0 radical (unpaired) electrons. The summed E-state index contributed by atoms with van der Waals surface area (Å²) in [6.45, 7) is 0. The van der Waals surface area contributed by atoms with Crippen molar-refractivity contribution in [2.75, 3.05) is 0 Å². The Morgan fingerprint density at radius 3 is 1.61 bits per heavy atom. The van der Waals surface area contributed by atoms with E-state index in [1.807, 2.05) is 0 Å². The summed E-state index contributed by atoms with van der Waals surface area (Å²) in [4.78, 5) is 0. The van der Waals surface area contributed by atoms with E-state index in [1.54, 1.807) is 0 Å². The average molecular weight is 521 g/mol. The van der Waals surface area contributed by atoms with Gasteiger partial charge in [0.2, 0.25) is 0 Å². The Morgan fingerprint density at radius 2 is 0.902 bits per heavy atom. The highest BCUT2D eigenvalue weighted by Gasteiger charge is 2.21. The molecule has 1 nitrogen and oxygen atoms in total. The summed E-state index contributed by atoms with van der Waals surface area (Å²) in [7, 11) is 0. The van der Waals surface area contributed by atoms with E-state index >= 15 is 0 Å². The molecule has 0 spiro atoms. The summed E-state index contributed by atoms with van der Waals surface area (Å²) in [5, 5.41) is 12.2. The second kappa shape index (κ2) is 8.55.